The second-order valence-electron chi connectivity index (χ2n) is 4.01. The van der Waals surface area contributed by atoms with E-state index in [9.17, 15) is 0 Å². The summed E-state index contributed by atoms with van der Waals surface area (Å²) in [6.45, 7) is 0. The minimum atomic E-state index is 0.139. The van der Waals surface area contributed by atoms with Gasteiger partial charge in [-0.1, -0.05) is 29.8 Å². The lowest BCUT2D eigenvalue weighted by Crippen LogP contribution is -2.20. The van der Waals surface area contributed by atoms with Crippen molar-refractivity contribution in [3.05, 3.63) is 63.3 Å². The SMILES string of the molecule is CNC(Cc1ccccc1Cl)c1ncccc1Br. The summed E-state index contributed by atoms with van der Waals surface area (Å²) >= 11 is 9.73. The first-order valence-corrected chi connectivity index (χ1v) is 6.90. The molecule has 1 aromatic heterocycles. The molecule has 0 fully saturated rings. The zero-order valence-electron chi connectivity index (χ0n) is 10.0. The summed E-state index contributed by atoms with van der Waals surface area (Å²) in [4.78, 5) is 4.42. The van der Waals surface area contributed by atoms with E-state index in [2.05, 4.69) is 26.2 Å². The van der Waals surface area contributed by atoms with Gasteiger partial charge in [-0.05, 0) is 53.2 Å². The van der Waals surface area contributed by atoms with Crippen molar-refractivity contribution >= 4 is 27.5 Å². The normalized spacial score (nSPS) is 12.4. The molecule has 0 saturated heterocycles. The Labute approximate surface area is 121 Å². The molecule has 0 bridgehead atoms. The van der Waals surface area contributed by atoms with Crippen molar-refractivity contribution in [1.29, 1.82) is 0 Å². The number of nitrogens with one attached hydrogen (secondary N) is 1. The number of likely N-dealkylation sites (N-methyl/N-ethyl adjacent to an activating group) is 1. The highest BCUT2D eigenvalue weighted by molar-refractivity contribution is 9.10. The molecule has 1 unspecified atom stereocenters. The van der Waals surface area contributed by atoms with Crippen LogP contribution in [-0.4, -0.2) is 12.0 Å². The molecule has 1 aromatic carbocycles. The van der Waals surface area contributed by atoms with Crippen molar-refractivity contribution in [2.45, 2.75) is 12.5 Å². The Balaban J connectivity index is 2.26. The van der Waals surface area contributed by atoms with Gasteiger partial charge >= 0.3 is 0 Å². The molecular formula is C14H14BrClN2. The van der Waals surface area contributed by atoms with Crippen molar-refractivity contribution in [3.63, 3.8) is 0 Å². The number of hydrogen-bond acceptors (Lipinski definition) is 2. The van der Waals surface area contributed by atoms with E-state index in [4.69, 9.17) is 11.6 Å². The van der Waals surface area contributed by atoms with Gasteiger partial charge < -0.3 is 5.32 Å². The first-order chi connectivity index (χ1) is 8.72. The van der Waals surface area contributed by atoms with Crippen LogP contribution in [0, 0.1) is 0 Å². The monoisotopic (exact) mass is 324 g/mol. The van der Waals surface area contributed by atoms with E-state index in [0.717, 1.165) is 27.2 Å². The van der Waals surface area contributed by atoms with Crippen molar-refractivity contribution in [1.82, 2.24) is 10.3 Å². The standard InChI is InChI=1S/C14H14BrClN2/c1-17-13(14-11(15)6-4-8-18-14)9-10-5-2-3-7-12(10)16/h2-8,13,17H,9H2,1H3. The van der Waals surface area contributed by atoms with Crippen LogP contribution < -0.4 is 5.32 Å². The van der Waals surface area contributed by atoms with Crippen LogP contribution in [0.15, 0.2) is 47.1 Å². The van der Waals surface area contributed by atoms with E-state index in [0.29, 0.717) is 0 Å². The largest absolute Gasteiger partial charge is 0.311 e. The number of hydrogen-bond donors (Lipinski definition) is 1. The van der Waals surface area contributed by atoms with E-state index < -0.39 is 0 Å². The minimum Gasteiger partial charge on any atom is -0.311 e. The molecule has 94 valence electrons. The summed E-state index contributed by atoms with van der Waals surface area (Å²) in [5.41, 5.74) is 2.12. The minimum absolute atomic E-state index is 0.139. The summed E-state index contributed by atoms with van der Waals surface area (Å²) < 4.78 is 1.01. The average molecular weight is 326 g/mol. The summed E-state index contributed by atoms with van der Waals surface area (Å²) in [6.07, 6.45) is 2.61. The predicted molar refractivity (Wildman–Crippen MR) is 78.9 cm³/mol. The highest BCUT2D eigenvalue weighted by atomic mass is 79.9. The summed E-state index contributed by atoms with van der Waals surface area (Å²) in [7, 11) is 1.93. The van der Waals surface area contributed by atoms with Crippen molar-refractivity contribution < 1.29 is 0 Å². The van der Waals surface area contributed by atoms with Gasteiger partial charge in [-0.3, -0.25) is 4.98 Å². The number of benzene rings is 1. The molecule has 0 amide bonds. The maximum atomic E-state index is 6.19. The van der Waals surface area contributed by atoms with Crippen LogP contribution in [0.3, 0.4) is 0 Å². The van der Waals surface area contributed by atoms with Crippen LogP contribution in [0.5, 0.6) is 0 Å². The number of halogens is 2. The maximum absolute atomic E-state index is 6.19. The smallest absolute Gasteiger partial charge is 0.0718 e. The van der Waals surface area contributed by atoms with Gasteiger partial charge in [-0.25, -0.2) is 0 Å². The maximum Gasteiger partial charge on any atom is 0.0718 e. The number of pyridine rings is 1. The van der Waals surface area contributed by atoms with Gasteiger partial charge in [0.2, 0.25) is 0 Å². The second-order valence-corrected chi connectivity index (χ2v) is 5.27. The molecule has 2 nitrogen and oxygen atoms in total. The third-order valence-corrected chi connectivity index (χ3v) is 3.89. The molecule has 0 radical (unpaired) electrons. The van der Waals surface area contributed by atoms with Crippen LogP contribution in [0.1, 0.15) is 17.3 Å². The lowest BCUT2D eigenvalue weighted by atomic mass is 10.0. The molecule has 0 aliphatic rings. The first kappa shape index (κ1) is 13.5. The fourth-order valence-corrected chi connectivity index (χ4v) is 2.62. The van der Waals surface area contributed by atoms with Crippen LogP contribution >= 0.6 is 27.5 Å². The zero-order valence-corrected chi connectivity index (χ0v) is 12.4. The van der Waals surface area contributed by atoms with Crippen molar-refractivity contribution in [3.8, 4) is 0 Å². The Bertz CT molecular complexity index is 531. The van der Waals surface area contributed by atoms with E-state index in [-0.39, 0.29) is 6.04 Å². The van der Waals surface area contributed by atoms with Gasteiger partial charge in [0.15, 0.2) is 0 Å². The summed E-state index contributed by atoms with van der Waals surface area (Å²) in [5, 5.41) is 4.08. The summed E-state index contributed by atoms with van der Waals surface area (Å²) in [6, 6.07) is 12.0. The van der Waals surface area contributed by atoms with Crippen LogP contribution in [-0.2, 0) is 6.42 Å². The van der Waals surface area contributed by atoms with Crippen LogP contribution in [0.4, 0.5) is 0 Å². The molecule has 0 saturated carbocycles. The molecule has 0 aliphatic heterocycles. The lowest BCUT2D eigenvalue weighted by Gasteiger charge is -2.17. The third kappa shape index (κ3) is 3.10. The lowest BCUT2D eigenvalue weighted by molar-refractivity contribution is 0.573. The van der Waals surface area contributed by atoms with Gasteiger partial charge in [0, 0.05) is 15.7 Å². The Morgan fingerprint density at radius 1 is 1.28 bits per heavy atom. The predicted octanol–water partition coefficient (Wildman–Crippen LogP) is 4.00. The summed E-state index contributed by atoms with van der Waals surface area (Å²) in [5.74, 6) is 0. The average Bonchev–Trinajstić information content (AvgIpc) is 2.39. The van der Waals surface area contributed by atoms with Gasteiger partial charge in [0.05, 0.1) is 11.7 Å². The van der Waals surface area contributed by atoms with E-state index in [1.807, 2.05) is 43.4 Å². The number of aromatic nitrogens is 1. The van der Waals surface area contributed by atoms with Crippen molar-refractivity contribution in [2.24, 2.45) is 0 Å². The van der Waals surface area contributed by atoms with Gasteiger partial charge in [0.1, 0.15) is 0 Å². The first-order valence-electron chi connectivity index (χ1n) is 5.73. The number of nitrogens with zero attached hydrogens (tertiary/aromatic N) is 1. The van der Waals surface area contributed by atoms with Gasteiger partial charge in [-0.15, -0.1) is 0 Å². The van der Waals surface area contributed by atoms with Crippen LogP contribution in [0.25, 0.3) is 0 Å². The Morgan fingerprint density at radius 3 is 2.72 bits per heavy atom. The molecule has 1 N–H and O–H groups in total. The Morgan fingerprint density at radius 2 is 2.06 bits per heavy atom. The molecule has 2 rings (SSSR count). The quantitative estimate of drug-likeness (QED) is 0.919. The molecule has 4 heteroatoms. The highest BCUT2D eigenvalue weighted by Crippen LogP contribution is 2.26. The molecule has 1 heterocycles. The van der Waals surface area contributed by atoms with Crippen LogP contribution in [0.2, 0.25) is 5.02 Å². The Hall–Kier alpha value is -0.900. The molecule has 1 atom stereocenters. The van der Waals surface area contributed by atoms with Gasteiger partial charge in [0.25, 0.3) is 0 Å². The van der Waals surface area contributed by atoms with E-state index in [1.165, 1.54) is 0 Å². The molecule has 18 heavy (non-hydrogen) atoms. The molecular weight excluding hydrogens is 312 g/mol. The number of rotatable bonds is 4. The van der Waals surface area contributed by atoms with E-state index in [1.54, 1.807) is 6.20 Å². The zero-order chi connectivity index (χ0) is 13.0. The van der Waals surface area contributed by atoms with E-state index >= 15 is 0 Å². The van der Waals surface area contributed by atoms with Crippen molar-refractivity contribution in [2.75, 3.05) is 7.05 Å². The molecule has 2 aromatic rings. The van der Waals surface area contributed by atoms with Gasteiger partial charge in [-0.2, -0.15) is 0 Å². The Kier molecular flexibility index (Phi) is 4.75. The second kappa shape index (κ2) is 6.32. The molecule has 0 spiro atoms. The third-order valence-electron chi connectivity index (χ3n) is 2.85. The fraction of sp³-hybridized carbons (Fsp3) is 0.214. The highest BCUT2D eigenvalue weighted by Gasteiger charge is 2.15. The fourth-order valence-electron chi connectivity index (χ4n) is 1.87. The molecule has 0 aliphatic carbocycles. The topological polar surface area (TPSA) is 24.9 Å².